The van der Waals surface area contributed by atoms with E-state index in [1.807, 2.05) is 6.07 Å². The zero-order valence-electron chi connectivity index (χ0n) is 18.5. The highest BCUT2D eigenvalue weighted by molar-refractivity contribution is 6.32. The molecule has 0 atom stereocenters. The average molecular weight is 491 g/mol. The molecular weight excluding hydrogens is 457 g/mol. The SMILES string of the molecule is COc1ccc(C(=O)NCCCN(C)CCCN(C)Cc2ccccc2)cc1Cl.Cl.Cl. The van der Waals surface area contributed by atoms with Crippen LogP contribution in [0.3, 0.4) is 0 Å². The maximum absolute atomic E-state index is 12.2. The summed E-state index contributed by atoms with van der Waals surface area (Å²) in [6.07, 6.45) is 2.03. The minimum atomic E-state index is -0.111. The van der Waals surface area contributed by atoms with Gasteiger partial charge in [0.05, 0.1) is 12.1 Å². The summed E-state index contributed by atoms with van der Waals surface area (Å²) in [5, 5.41) is 3.39. The molecule has 1 N–H and O–H groups in total. The molecule has 174 valence electrons. The topological polar surface area (TPSA) is 44.8 Å². The Hall–Kier alpha value is -1.50. The number of ether oxygens (including phenoxy) is 1. The number of nitrogens with one attached hydrogen (secondary N) is 1. The van der Waals surface area contributed by atoms with Gasteiger partial charge in [-0.15, -0.1) is 24.8 Å². The zero-order chi connectivity index (χ0) is 21.1. The third-order valence-corrected chi connectivity index (χ3v) is 5.09. The first kappa shape index (κ1) is 29.5. The van der Waals surface area contributed by atoms with Gasteiger partial charge < -0.3 is 19.9 Å². The van der Waals surface area contributed by atoms with Crippen molar-refractivity contribution in [2.75, 3.05) is 47.4 Å². The fourth-order valence-electron chi connectivity index (χ4n) is 3.16. The molecule has 0 aliphatic rings. The standard InChI is InChI=1S/C23H32ClN3O2.2ClH/c1-26(15-8-16-27(2)18-19-9-5-4-6-10-19)14-7-13-25-23(28)20-11-12-22(29-3)21(24)17-20;;/h4-6,9-12,17H,7-8,13-16,18H2,1-3H3,(H,25,28);2*1H. The molecule has 31 heavy (non-hydrogen) atoms. The van der Waals surface area contributed by atoms with Gasteiger partial charge >= 0.3 is 0 Å². The van der Waals surface area contributed by atoms with E-state index >= 15 is 0 Å². The lowest BCUT2D eigenvalue weighted by molar-refractivity contribution is 0.0952. The van der Waals surface area contributed by atoms with Gasteiger partial charge in [0, 0.05) is 18.7 Å². The Bertz CT molecular complexity index is 763. The van der Waals surface area contributed by atoms with Crippen LogP contribution < -0.4 is 10.1 Å². The molecule has 5 nitrogen and oxygen atoms in total. The minimum absolute atomic E-state index is 0. The highest BCUT2D eigenvalue weighted by Gasteiger charge is 2.09. The van der Waals surface area contributed by atoms with E-state index in [9.17, 15) is 4.79 Å². The lowest BCUT2D eigenvalue weighted by atomic mass is 10.2. The van der Waals surface area contributed by atoms with Gasteiger partial charge in [0.2, 0.25) is 0 Å². The summed E-state index contributed by atoms with van der Waals surface area (Å²) in [6, 6.07) is 15.6. The Morgan fingerprint density at radius 3 is 2.26 bits per heavy atom. The fraction of sp³-hybridized carbons (Fsp3) is 0.435. The molecule has 8 heteroatoms. The van der Waals surface area contributed by atoms with Crippen molar-refractivity contribution in [1.82, 2.24) is 15.1 Å². The summed E-state index contributed by atoms with van der Waals surface area (Å²) in [5.41, 5.74) is 1.89. The first-order valence-corrected chi connectivity index (χ1v) is 10.4. The Morgan fingerprint density at radius 1 is 0.968 bits per heavy atom. The van der Waals surface area contributed by atoms with Gasteiger partial charge in [0.1, 0.15) is 5.75 Å². The quantitative estimate of drug-likeness (QED) is 0.435. The van der Waals surface area contributed by atoms with Crippen LogP contribution in [0.15, 0.2) is 48.5 Å². The third-order valence-electron chi connectivity index (χ3n) is 4.79. The van der Waals surface area contributed by atoms with Crippen LogP contribution in [0.4, 0.5) is 0 Å². The van der Waals surface area contributed by atoms with Crippen LogP contribution >= 0.6 is 36.4 Å². The normalized spacial score (nSPS) is 10.4. The smallest absolute Gasteiger partial charge is 0.251 e. The van der Waals surface area contributed by atoms with Gasteiger partial charge in [-0.25, -0.2) is 0 Å². The molecule has 0 radical (unpaired) electrons. The van der Waals surface area contributed by atoms with E-state index in [-0.39, 0.29) is 30.7 Å². The van der Waals surface area contributed by atoms with Crippen molar-refractivity contribution in [3.8, 4) is 5.75 Å². The van der Waals surface area contributed by atoms with Crippen molar-refractivity contribution in [1.29, 1.82) is 0 Å². The number of nitrogens with zero attached hydrogens (tertiary/aromatic N) is 2. The van der Waals surface area contributed by atoms with Crippen LogP contribution in [-0.2, 0) is 6.54 Å². The summed E-state index contributed by atoms with van der Waals surface area (Å²) in [5.74, 6) is 0.457. The molecule has 1 amide bonds. The van der Waals surface area contributed by atoms with Crippen LogP contribution in [0.2, 0.25) is 5.02 Å². The largest absolute Gasteiger partial charge is 0.495 e. The molecule has 0 aromatic heterocycles. The van der Waals surface area contributed by atoms with Gasteiger partial charge in [-0.1, -0.05) is 41.9 Å². The number of rotatable bonds is 12. The van der Waals surface area contributed by atoms with E-state index in [4.69, 9.17) is 16.3 Å². The molecule has 2 aromatic carbocycles. The Kier molecular flexibility index (Phi) is 15.4. The van der Waals surface area contributed by atoms with Crippen LogP contribution in [0.25, 0.3) is 0 Å². The summed E-state index contributed by atoms with van der Waals surface area (Å²) < 4.78 is 5.11. The van der Waals surface area contributed by atoms with E-state index in [1.54, 1.807) is 25.3 Å². The molecule has 0 aliphatic carbocycles. The number of amides is 1. The molecule has 0 bridgehead atoms. The van der Waals surface area contributed by atoms with Crippen molar-refractivity contribution < 1.29 is 9.53 Å². The molecule has 0 saturated heterocycles. The van der Waals surface area contributed by atoms with E-state index in [0.717, 1.165) is 39.0 Å². The van der Waals surface area contributed by atoms with Crippen molar-refractivity contribution in [3.05, 3.63) is 64.7 Å². The van der Waals surface area contributed by atoms with Gasteiger partial charge in [0.25, 0.3) is 5.91 Å². The van der Waals surface area contributed by atoms with Gasteiger partial charge in [0.15, 0.2) is 0 Å². The number of halogens is 3. The van der Waals surface area contributed by atoms with Gasteiger partial charge in [-0.05, 0) is 70.3 Å². The Labute approximate surface area is 203 Å². The predicted octanol–water partition coefficient (Wildman–Crippen LogP) is 4.77. The Balaban J connectivity index is 0.00000450. The Morgan fingerprint density at radius 2 is 1.61 bits per heavy atom. The second-order valence-corrected chi connectivity index (χ2v) is 7.75. The molecular formula is C23H34Cl3N3O2. The van der Waals surface area contributed by atoms with E-state index in [0.29, 0.717) is 22.9 Å². The first-order chi connectivity index (χ1) is 14.0. The summed E-state index contributed by atoms with van der Waals surface area (Å²) in [7, 11) is 5.84. The summed E-state index contributed by atoms with van der Waals surface area (Å²) in [6.45, 7) is 4.67. The van der Waals surface area contributed by atoms with Crippen LogP contribution in [-0.4, -0.2) is 63.1 Å². The maximum atomic E-state index is 12.2. The maximum Gasteiger partial charge on any atom is 0.251 e. The number of hydrogen-bond donors (Lipinski definition) is 1. The third kappa shape index (κ3) is 11.1. The van der Waals surface area contributed by atoms with Crippen molar-refractivity contribution >= 4 is 42.3 Å². The van der Waals surface area contributed by atoms with E-state index in [1.165, 1.54) is 5.56 Å². The van der Waals surface area contributed by atoms with E-state index < -0.39 is 0 Å². The second kappa shape index (κ2) is 16.2. The van der Waals surface area contributed by atoms with E-state index in [2.05, 4.69) is 53.5 Å². The van der Waals surface area contributed by atoms with Gasteiger partial charge in [-0.2, -0.15) is 0 Å². The lowest BCUT2D eigenvalue weighted by Crippen LogP contribution is -2.30. The number of carbonyl (C=O) groups excluding carboxylic acids is 1. The average Bonchev–Trinajstić information content (AvgIpc) is 2.71. The van der Waals surface area contributed by atoms with Crippen LogP contribution in [0, 0.1) is 0 Å². The predicted molar refractivity (Wildman–Crippen MR) is 134 cm³/mol. The molecule has 0 saturated carbocycles. The fourth-order valence-corrected chi connectivity index (χ4v) is 3.41. The number of hydrogen-bond acceptors (Lipinski definition) is 4. The number of methoxy groups -OCH3 is 1. The molecule has 0 fully saturated rings. The number of benzene rings is 2. The van der Waals surface area contributed by atoms with Crippen LogP contribution in [0.1, 0.15) is 28.8 Å². The first-order valence-electron chi connectivity index (χ1n) is 10.0. The van der Waals surface area contributed by atoms with Crippen molar-refractivity contribution in [2.45, 2.75) is 19.4 Å². The lowest BCUT2D eigenvalue weighted by Gasteiger charge is -2.20. The molecule has 0 spiro atoms. The molecule has 2 aromatic rings. The number of carbonyl (C=O) groups is 1. The molecule has 0 unspecified atom stereocenters. The molecule has 0 aliphatic heterocycles. The zero-order valence-corrected chi connectivity index (χ0v) is 20.9. The highest BCUT2D eigenvalue weighted by Crippen LogP contribution is 2.24. The monoisotopic (exact) mass is 489 g/mol. The molecule has 2 rings (SSSR count). The molecule has 0 heterocycles. The van der Waals surface area contributed by atoms with Gasteiger partial charge in [-0.3, -0.25) is 4.79 Å². The summed E-state index contributed by atoms with van der Waals surface area (Å²) in [4.78, 5) is 16.9. The van der Waals surface area contributed by atoms with Crippen LogP contribution in [0.5, 0.6) is 5.75 Å². The summed E-state index contributed by atoms with van der Waals surface area (Å²) >= 11 is 6.08. The van der Waals surface area contributed by atoms with Crippen molar-refractivity contribution in [3.63, 3.8) is 0 Å². The highest BCUT2D eigenvalue weighted by atomic mass is 35.5. The van der Waals surface area contributed by atoms with Crippen molar-refractivity contribution in [2.24, 2.45) is 0 Å². The second-order valence-electron chi connectivity index (χ2n) is 7.34. The minimum Gasteiger partial charge on any atom is -0.495 e.